The molecule has 0 radical (unpaired) electrons. The van der Waals surface area contributed by atoms with Crippen LogP contribution >= 0.6 is 0 Å². The minimum atomic E-state index is -0.251. The number of aromatic nitrogens is 2. The molecule has 0 unspecified atom stereocenters. The van der Waals surface area contributed by atoms with Crippen molar-refractivity contribution in [1.82, 2.24) is 9.55 Å². The van der Waals surface area contributed by atoms with E-state index >= 15 is 0 Å². The lowest BCUT2D eigenvalue weighted by Crippen LogP contribution is -2.35. The molecule has 4 nitrogen and oxygen atoms in total. The van der Waals surface area contributed by atoms with Gasteiger partial charge in [0.1, 0.15) is 0 Å². The molecule has 0 amide bonds. The van der Waals surface area contributed by atoms with Crippen LogP contribution in [0.15, 0.2) is 41.5 Å². The second-order valence-corrected chi connectivity index (χ2v) is 6.15. The summed E-state index contributed by atoms with van der Waals surface area (Å²) in [6.07, 6.45) is 4.42. The molecule has 0 bridgehead atoms. The van der Waals surface area contributed by atoms with E-state index in [4.69, 9.17) is 0 Å². The Hall–Kier alpha value is -2.10. The Morgan fingerprint density at radius 3 is 2.33 bits per heavy atom. The Balaban J connectivity index is 2.15. The van der Waals surface area contributed by atoms with Gasteiger partial charge in [-0.05, 0) is 38.3 Å². The van der Waals surface area contributed by atoms with Gasteiger partial charge in [0.25, 0.3) is 5.56 Å². The number of nitrogens with one attached hydrogen (secondary N) is 1. The van der Waals surface area contributed by atoms with Crippen LogP contribution in [-0.2, 0) is 18.5 Å². The first-order valence-electron chi connectivity index (χ1n) is 7.31. The normalized spacial score (nSPS) is 11.4. The number of benzene rings is 1. The van der Waals surface area contributed by atoms with E-state index in [1.165, 1.54) is 5.56 Å². The molecule has 0 aliphatic heterocycles. The third-order valence-electron chi connectivity index (χ3n) is 3.45. The number of nitrogens with zero attached hydrogens (tertiary/aromatic N) is 2. The van der Waals surface area contributed by atoms with Gasteiger partial charge in [-0.2, -0.15) is 0 Å². The van der Waals surface area contributed by atoms with Crippen LogP contribution in [0.2, 0.25) is 0 Å². The third-order valence-corrected chi connectivity index (χ3v) is 3.45. The quantitative estimate of drug-likeness (QED) is 0.938. The molecule has 1 aromatic heterocycles. The Bertz CT molecular complexity index is 651. The van der Waals surface area contributed by atoms with Crippen LogP contribution in [0.5, 0.6) is 0 Å². The molecule has 112 valence electrons. The largest absolute Gasteiger partial charge is 0.361 e. The van der Waals surface area contributed by atoms with Crippen LogP contribution in [0.4, 0.5) is 5.82 Å². The molecule has 1 aromatic carbocycles. The highest BCUT2D eigenvalue weighted by Crippen LogP contribution is 2.11. The second-order valence-electron chi connectivity index (χ2n) is 6.15. The second kappa shape index (κ2) is 6.12. The van der Waals surface area contributed by atoms with E-state index in [9.17, 15) is 4.79 Å². The Morgan fingerprint density at radius 2 is 1.76 bits per heavy atom. The fraction of sp³-hybridized carbons (Fsp3) is 0.412. The van der Waals surface area contributed by atoms with Crippen molar-refractivity contribution in [1.29, 1.82) is 0 Å². The van der Waals surface area contributed by atoms with E-state index in [1.54, 1.807) is 17.0 Å². The minimum Gasteiger partial charge on any atom is -0.361 e. The van der Waals surface area contributed by atoms with E-state index in [2.05, 4.69) is 41.5 Å². The summed E-state index contributed by atoms with van der Waals surface area (Å²) >= 11 is 0. The molecule has 0 aliphatic carbocycles. The van der Waals surface area contributed by atoms with Gasteiger partial charge in [0, 0.05) is 24.5 Å². The molecule has 1 N–H and O–H groups in total. The van der Waals surface area contributed by atoms with Crippen LogP contribution in [0.25, 0.3) is 0 Å². The molecule has 0 fully saturated rings. The van der Waals surface area contributed by atoms with Crippen LogP contribution in [0.3, 0.4) is 0 Å². The maximum absolute atomic E-state index is 12.4. The molecular formula is C17H23N3O. The average molecular weight is 285 g/mol. The monoisotopic (exact) mass is 285 g/mol. The molecule has 0 saturated heterocycles. The van der Waals surface area contributed by atoms with E-state index in [-0.39, 0.29) is 11.1 Å². The van der Waals surface area contributed by atoms with Gasteiger partial charge in [-0.25, -0.2) is 4.98 Å². The number of aryl methyl sites for hydroxylation is 1. The zero-order valence-electron chi connectivity index (χ0n) is 13.2. The molecule has 2 aromatic rings. The molecule has 0 saturated carbocycles. The van der Waals surface area contributed by atoms with Gasteiger partial charge in [0.05, 0.1) is 0 Å². The minimum absolute atomic E-state index is 0.0878. The van der Waals surface area contributed by atoms with Crippen molar-refractivity contribution in [2.24, 2.45) is 0 Å². The van der Waals surface area contributed by atoms with Crippen molar-refractivity contribution in [3.05, 3.63) is 58.1 Å². The first-order chi connectivity index (χ1) is 9.91. The highest BCUT2D eigenvalue weighted by atomic mass is 16.1. The van der Waals surface area contributed by atoms with E-state index < -0.39 is 0 Å². The first-order valence-corrected chi connectivity index (χ1v) is 7.31. The fourth-order valence-electron chi connectivity index (χ4n) is 2.14. The highest BCUT2D eigenvalue weighted by molar-refractivity contribution is 5.33. The van der Waals surface area contributed by atoms with Crippen molar-refractivity contribution in [3.63, 3.8) is 0 Å². The van der Waals surface area contributed by atoms with Crippen molar-refractivity contribution in [2.75, 3.05) is 5.32 Å². The summed E-state index contributed by atoms with van der Waals surface area (Å²) in [5, 5.41) is 3.13. The van der Waals surface area contributed by atoms with Gasteiger partial charge in [0.2, 0.25) is 0 Å². The van der Waals surface area contributed by atoms with Crippen LogP contribution in [-0.4, -0.2) is 9.55 Å². The standard InChI is InChI=1S/C17H23N3O/c1-5-13-6-8-14(9-7-13)12-19-15-16(21)20(11-10-18-15)17(2,3)4/h6-11H,5,12H2,1-4H3,(H,18,19). The molecule has 21 heavy (non-hydrogen) atoms. The van der Waals surface area contributed by atoms with Gasteiger partial charge < -0.3 is 9.88 Å². The molecule has 4 heteroatoms. The Morgan fingerprint density at radius 1 is 1.14 bits per heavy atom. The number of hydrogen-bond acceptors (Lipinski definition) is 3. The fourth-order valence-corrected chi connectivity index (χ4v) is 2.14. The van der Waals surface area contributed by atoms with Gasteiger partial charge in [-0.1, -0.05) is 31.2 Å². The summed E-state index contributed by atoms with van der Waals surface area (Å²) in [5.74, 6) is 0.395. The zero-order valence-corrected chi connectivity index (χ0v) is 13.2. The third kappa shape index (κ3) is 3.72. The topological polar surface area (TPSA) is 46.9 Å². The molecule has 0 aliphatic rings. The summed E-state index contributed by atoms with van der Waals surface area (Å²) in [6.45, 7) is 8.74. The Kier molecular flexibility index (Phi) is 4.46. The van der Waals surface area contributed by atoms with Crippen LogP contribution in [0.1, 0.15) is 38.8 Å². The SMILES string of the molecule is CCc1ccc(CNc2nccn(C(C)(C)C)c2=O)cc1. The number of rotatable bonds is 4. The van der Waals surface area contributed by atoms with E-state index in [0.29, 0.717) is 12.4 Å². The average Bonchev–Trinajstić information content (AvgIpc) is 2.45. The summed E-state index contributed by atoms with van der Waals surface area (Å²) in [5.41, 5.74) is 2.11. The molecule has 1 heterocycles. The predicted molar refractivity (Wildman–Crippen MR) is 86.6 cm³/mol. The summed E-state index contributed by atoms with van der Waals surface area (Å²) in [4.78, 5) is 16.5. The summed E-state index contributed by atoms with van der Waals surface area (Å²) in [6, 6.07) is 8.39. The predicted octanol–water partition coefficient (Wildman–Crippen LogP) is 3.17. The van der Waals surface area contributed by atoms with Gasteiger partial charge in [-0.15, -0.1) is 0 Å². The van der Waals surface area contributed by atoms with Crippen molar-refractivity contribution >= 4 is 5.82 Å². The van der Waals surface area contributed by atoms with E-state index in [1.807, 2.05) is 20.8 Å². The van der Waals surface area contributed by atoms with E-state index in [0.717, 1.165) is 12.0 Å². The number of hydrogen-bond donors (Lipinski definition) is 1. The molecule has 0 spiro atoms. The lowest BCUT2D eigenvalue weighted by atomic mass is 10.1. The lowest BCUT2D eigenvalue weighted by Gasteiger charge is -2.22. The Labute approximate surface area is 125 Å². The summed E-state index contributed by atoms with van der Waals surface area (Å²) in [7, 11) is 0. The van der Waals surface area contributed by atoms with Crippen LogP contribution in [0, 0.1) is 0 Å². The smallest absolute Gasteiger partial charge is 0.293 e. The van der Waals surface area contributed by atoms with Crippen molar-refractivity contribution in [2.45, 2.75) is 46.2 Å². The van der Waals surface area contributed by atoms with Gasteiger partial charge >= 0.3 is 0 Å². The maximum atomic E-state index is 12.4. The van der Waals surface area contributed by atoms with Crippen molar-refractivity contribution < 1.29 is 0 Å². The maximum Gasteiger partial charge on any atom is 0.293 e. The van der Waals surface area contributed by atoms with Gasteiger partial charge in [0.15, 0.2) is 5.82 Å². The zero-order chi connectivity index (χ0) is 15.5. The lowest BCUT2D eigenvalue weighted by molar-refractivity contribution is 0.383. The summed E-state index contributed by atoms with van der Waals surface area (Å²) < 4.78 is 1.70. The highest BCUT2D eigenvalue weighted by Gasteiger charge is 2.16. The first kappa shape index (κ1) is 15.3. The molecular weight excluding hydrogens is 262 g/mol. The number of anilines is 1. The molecule has 2 rings (SSSR count). The van der Waals surface area contributed by atoms with Gasteiger partial charge in [-0.3, -0.25) is 4.79 Å². The van der Waals surface area contributed by atoms with Crippen molar-refractivity contribution in [3.8, 4) is 0 Å². The van der Waals surface area contributed by atoms with Crippen LogP contribution < -0.4 is 10.9 Å². The molecule has 0 atom stereocenters.